The number of nitrogens with zero attached hydrogens (tertiary/aromatic N) is 2. The summed E-state index contributed by atoms with van der Waals surface area (Å²) in [6.45, 7) is 0.898. The lowest BCUT2D eigenvalue weighted by molar-refractivity contribution is 0.142. The second-order valence-corrected chi connectivity index (χ2v) is 3.83. The first kappa shape index (κ1) is 15.0. The Labute approximate surface area is 112 Å². The highest BCUT2D eigenvalue weighted by Gasteiger charge is 2.12. The van der Waals surface area contributed by atoms with Crippen LogP contribution in [0.1, 0.15) is 5.56 Å². The van der Waals surface area contributed by atoms with Gasteiger partial charge in [-0.1, -0.05) is 6.07 Å². The number of hydrogen-bond acceptors (Lipinski definition) is 4. The normalized spacial score (nSPS) is 9.74. The zero-order chi connectivity index (χ0) is 14.1. The van der Waals surface area contributed by atoms with Crippen molar-refractivity contribution in [3.63, 3.8) is 0 Å². The van der Waals surface area contributed by atoms with Crippen molar-refractivity contribution in [2.75, 3.05) is 38.7 Å². The van der Waals surface area contributed by atoms with E-state index in [1.54, 1.807) is 31.4 Å². The number of aliphatic hydroxyl groups is 1. The van der Waals surface area contributed by atoms with Gasteiger partial charge in [0.05, 0.1) is 24.8 Å². The number of rotatable bonds is 6. The molecule has 6 nitrogen and oxygen atoms in total. The van der Waals surface area contributed by atoms with E-state index in [1.165, 1.54) is 4.90 Å². The van der Waals surface area contributed by atoms with Crippen molar-refractivity contribution in [3.8, 4) is 6.07 Å². The monoisotopic (exact) mass is 263 g/mol. The Morgan fingerprint density at radius 3 is 2.95 bits per heavy atom. The van der Waals surface area contributed by atoms with Gasteiger partial charge < -0.3 is 20.1 Å². The van der Waals surface area contributed by atoms with E-state index in [0.29, 0.717) is 24.4 Å². The lowest BCUT2D eigenvalue weighted by atomic mass is 10.2. The number of anilines is 1. The van der Waals surface area contributed by atoms with Crippen LogP contribution < -0.4 is 5.32 Å². The van der Waals surface area contributed by atoms with E-state index >= 15 is 0 Å². The zero-order valence-corrected chi connectivity index (χ0v) is 10.8. The third-order valence-electron chi connectivity index (χ3n) is 2.47. The fraction of sp³-hybridized carbons (Fsp3) is 0.385. The Hall–Kier alpha value is -2.10. The predicted molar refractivity (Wildman–Crippen MR) is 70.7 cm³/mol. The van der Waals surface area contributed by atoms with E-state index in [-0.39, 0.29) is 19.2 Å². The lowest BCUT2D eigenvalue weighted by Gasteiger charge is -2.21. The van der Waals surface area contributed by atoms with Crippen molar-refractivity contribution in [3.05, 3.63) is 29.8 Å². The highest BCUT2D eigenvalue weighted by Crippen LogP contribution is 2.10. The molecule has 0 heterocycles. The molecule has 1 aromatic carbocycles. The molecule has 1 rings (SSSR count). The largest absolute Gasteiger partial charge is 0.395 e. The fourth-order valence-corrected chi connectivity index (χ4v) is 1.51. The molecule has 1 aromatic rings. The topological polar surface area (TPSA) is 85.6 Å². The molecule has 0 aliphatic carbocycles. The van der Waals surface area contributed by atoms with Crippen LogP contribution in [-0.4, -0.2) is 49.5 Å². The van der Waals surface area contributed by atoms with Gasteiger partial charge in [0.25, 0.3) is 0 Å². The molecule has 0 atom stereocenters. The predicted octanol–water partition coefficient (Wildman–Crippen LogP) is 1.03. The van der Waals surface area contributed by atoms with Crippen LogP contribution in [0.4, 0.5) is 10.5 Å². The molecule has 0 bridgehead atoms. The molecule has 0 aliphatic heterocycles. The van der Waals surface area contributed by atoms with E-state index in [1.807, 2.05) is 6.07 Å². The molecule has 0 aromatic heterocycles. The number of aliphatic hydroxyl groups excluding tert-OH is 1. The van der Waals surface area contributed by atoms with Crippen molar-refractivity contribution in [2.24, 2.45) is 0 Å². The number of carbonyl (C=O) groups is 1. The quantitative estimate of drug-likeness (QED) is 0.802. The number of hydrogen-bond donors (Lipinski definition) is 2. The van der Waals surface area contributed by atoms with Crippen LogP contribution in [0.25, 0.3) is 0 Å². The minimum Gasteiger partial charge on any atom is -0.395 e. The number of nitrogens with one attached hydrogen (secondary N) is 1. The number of benzene rings is 1. The summed E-state index contributed by atoms with van der Waals surface area (Å²) < 4.78 is 4.91. The second-order valence-electron chi connectivity index (χ2n) is 3.83. The van der Waals surface area contributed by atoms with Gasteiger partial charge in [-0.2, -0.15) is 5.26 Å². The average Bonchev–Trinajstić information content (AvgIpc) is 2.43. The van der Waals surface area contributed by atoms with Gasteiger partial charge in [-0.15, -0.1) is 0 Å². The third-order valence-corrected chi connectivity index (χ3v) is 2.47. The standard InChI is InChI=1S/C13H17N3O3/c1-19-8-6-16(5-7-17)13(18)15-12-4-2-3-11(9-12)10-14/h2-4,9,17H,5-8H2,1H3,(H,15,18). The van der Waals surface area contributed by atoms with Crippen LogP contribution in [0.2, 0.25) is 0 Å². The first-order valence-electron chi connectivity index (χ1n) is 5.87. The van der Waals surface area contributed by atoms with Crippen molar-refractivity contribution in [2.45, 2.75) is 0 Å². The van der Waals surface area contributed by atoms with Crippen LogP contribution in [0.15, 0.2) is 24.3 Å². The van der Waals surface area contributed by atoms with Crippen LogP contribution in [-0.2, 0) is 4.74 Å². The molecule has 6 heteroatoms. The summed E-state index contributed by atoms with van der Waals surface area (Å²) >= 11 is 0. The van der Waals surface area contributed by atoms with E-state index in [9.17, 15) is 4.79 Å². The molecule has 0 aliphatic rings. The molecule has 2 N–H and O–H groups in total. The second kappa shape index (κ2) is 8.08. The molecule has 0 fully saturated rings. The molecule has 0 unspecified atom stereocenters. The number of carbonyl (C=O) groups excluding carboxylic acids is 1. The number of amides is 2. The Bertz CT molecular complexity index is 457. The molecule has 102 valence electrons. The average molecular weight is 263 g/mol. The van der Waals surface area contributed by atoms with Crippen molar-refractivity contribution >= 4 is 11.7 Å². The molecule has 0 radical (unpaired) electrons. The number of nitriles is 1. The maximum Gasteiger partial charge on any atom is 0.322 e. The summed E-state index contributed by atoms with van der Waals surface area (Å²) in [6, 6.07) is 8.31. The maximum absolute atomic E-state index is 12.0. The molecular weight excluding hydrogens is 246 g/mol. The highest BCUT2D eigenvalue weighted by molar-refractivity contribution is 5.89. The van der Waals surface area contributed by atoms with E-state index in [2.05, 4.69) is 5.32 Å². The van der Waals surface area contributed by atoms with Gasteiger partial charge in [0.1, 0.15) is 0 Å². The third kappa shape index (κ3) is 4.95. The summed E-state index contributed by atoms with van der Waals surface area (Å²) in [5, 5.41) is 20.4. The minimum absolute atomic E-state index is 0.116. The van der Waals surface area contributed by atoms with Gasteiger partial charge in [-0.05, 0) is 18.2 Å². The Balaban J connectivity index is 2.66. The van der Waals surface area contributed by atoms with Gasteiger partial charge in [0.15, 0.2) is 0 Å². The van der Waals surface area contributed by atoms with Crippen LogP contribution in [0, 0.1) is 11.3 Å². The van der Waals surface area contributed by atoms with Crippen LogP contribution >= 0.6 is 0 Å². The number of ether oxygens (including phenoxy) is 1. The van der Waals surface area contributed by atoms with Gasteiger partial charge in [-0.25, -0.2) is 4.79 Å². The highest BCUT2D eigenvalue weighted by atomic mass is 16.5. The Kier molecular flexibility index (Phi) is 6.36. The van der Waals surface area contributed by atoms with Crippen molar-refractivity contribution in [1.29, 1.82) is 5.26 Å². The zero-order valence-electron chi connectivity index (χ0n) is 10.8. The lowest BCUT2D eigenvalue weighted by Crippen LogP contribution is -2.39. The van der Waals surface area contributed by atoms with Gasteiger partial charge in [0, 0.05) is 25.9 Å². The van der Waals surface area contributed by atoms with Crippen molar-refractivity contribution in [1.82, 2.24) is 4.90 Å². The Morgan fingerprint density at radius 2 is 2.32 bits per heavy atom. The fourth-order valence-electron chi connectivity index (χ4n) is 1.51. The van der Waals surface area contributed by atoms with E-state index in [4.69, 9.17) is 15.1 Å². The van der Waals surface area contributed by atoms with Gasteiger partial charge >= 0.3 is 6.03 Å². The number of methoxy groups -OCH3 is 1. The molecule has 2 amide bonds. The summed E-state index contributed by atoms with van der Waals surface area (Å²) in [7, 11) is 1.55. The van der Waals surface area contributed by atoms with Gasteiger partial charge in [-0.3, -0.25) is 0 Å². The summed E-state index contributed by atoms with van der Waals surface area (Å²) in [5.74, 6) is 0. The van der Waals surface area contributed by atoms with Crippen LogP contribution in [0.3, 0.4) is 0 Å². The van der Waals surface area contributed by atoms with Crippen LogP contribution in [0.5, 0.6) is 0 Å². The Morgan fingerprint density at radius 1 is 1.53 bits per heavy atom. The first-order valence-corrected chi connectivity index (χ1v) is 5.87. The molecule has 0 saturated heterocycles. The van der Waals surface area contributed by atoms with Crippen molar-refractivity contribution < 1.29 is 14.6 Å². The van der Waals surface area contributed by atoms with Gasteiger partial charge in [0.2, 0.25) is 0 Å². The smallest absolute Gasteiger partial charge is 0.322 e. The summed E-state index contributed by atoms with van der Waals surface area (Å²) in [6.07, 6.45) is 0. The molecule has 19 heavy (non-hydrogen) atoms. The SMILES string of the molecule is COCCN(CCO)C(=O)Nc1cccc(C#N)c1. The molecule has 0 spiro atoms. The molecule has 0 saturated carbocycles. The summed E-state index contributed by atoms with van der Waals surface area (Å²) in [4.78, 5) is 13.4. The maximum atomic E-state index is 12.0. The van der Waals surface area contributed by atoms with E-state index in [0.717, 1.165) is 0 Å². The summed E-state index contributed by atoms with van der Waals surface area (Å²) in [5.41, 5.74) is 1.02. The number of urea groups is 1. The first-order chi connectivity index (χ1) is 9.21. The molecular formula is C13H17N3O3. The minimum atomic E-state index is -0.332. The van der Waals surface area contributed by atoms with E-state index < -0.39 is 0 Å².